The second-order valence-electron chi connectivity index (χ2n) is 3.12. The van der Waals surface area contributed by atoms with Crippen LogP contribution in [0.1, 0.15) is 39.5 Å². The first-order chi connectivity index (χ1) is 7.33. The predicted octanol–water partition coefficient (Wildman–Crippen LogP) is -0.0354. The Morgan fingerprint density at radius 2 is 1.24 bits per heavy atom. The smallest absolute Gasteiger partial charge is 1.00 e. The minimum Gasteiger partial charge on any atom is -1.00 e. The second kappa shape index (κ2) is 29.9. The minimum absolute atomic E-state index is 0. The van der Waals surface area contributed by atoms with E-state index in [4.69, 9.17) is 10.2 Å². The molecular formula is C13H25ClO2Zr. The predicted molar refractivity (Wildman–Crippen MR) is 66.0 cm³/mol. The molecule has 17 heavy (non-hydrogen) atoms. The van der Waals surface area contributed by atoms with Crippen molar-refractivity contribution in [1.82, 2.24) is 0 Å². The van der Waals surface area contributed by atoms with Crippen molar-refractivity contribution < 1.29 is 48.8 Å². The van der Waals surface area contributed by atoms with Crippen molar-refractivity contribution in [1.29, 1.82) is 0 Å². The number of halogens is 1. The third-order valence-electron chi connectivity index (χ3n) is 1.58. The molecule has 0 heterocycles. The molecule has 0 aromatic heterocycles. The van der Waals surface area contributed by atoms with Crippen LogP contribution in [-0.4, -0.2) is 23.4 Å². The van der Waals surface area contributed by atoms with E-state index in [9.17, 15) is 0 Å². The SMILES string of the molecule is CCCCO.CCCCO.[Cl-].[Zr+2].c1cc[cH-]c1. The summed E-state index contributed by atoms with van der Waals surface area (Å²) in [4.78, 5) is 0. The largest absolute Gasteiger partial charge is 2.00 e. The van der Waals surface area contributed by atoms with Crippen molar-refractivity contribution in [3.63, 3.8) is 0 Å². The molecule has 4 heteroatoms. The zero-order chi connectivity index (χ0) is 11.8. The van der Waals surface area contributed by atoms with E-state index >= 15 is 0 Å². The summed E-state index contributed by atoms with van der Waals surface area (Å²) in [5, 5.41) is 16.1. The summed E-state index contributed by atoms with van der Waals surface area (Å²) in [6.07, 6.45) is 4.08. The van der Waals surface area contributed by atoms with E-state index in [1.54, 1.807) is 0 Å². The van der Waals surface area contributed by atoms with Gasteiger partial charge in [-0.2, -0.15) is 18.2 Å². The number of hydrogen-bond donors (Lipinski definition) is 2. The maximum Gasteiger partial charge on any atom is 2.00 e. The maximum absolute atomic E-state index is 8.07. The van der Waals surface area contributed by atoms with Crippen molar-refractivity contribution in [2.45, 2.75) is 39.5 Å². The molecule has 2 N–H and O–H groups in total. The molecule has 1 aromatic rings. The van der Waals surface area contributed by atoms with E-state index < -0.39 is 0 Å². The van der Waals surface area contributed by atoms with Gasteiger partial charge in [0.1, 0.15) is 0 Å². The van der Waals surface area contributed by atoms with Crippen LogP contribution in [-0.2, 0) is 26.2 Å². The summed E-state index contributed by atoms with van der Waals surface area (Å²) >= 11 is 0. The molecule has 0 radical (unpaired) electrons. The van der Waals surface area contributed by atoms with E-state index in [-0.39, 0.29) is 38.6 Å². The van der Waals surface area contributed by atoms with Gasteiger partial charge in [-0.05, 0) is 12.8 Å². The molecule has 100 valence electrons. The number of unbranched alkanes of at least 4 members (excludes halogenated alkanes) is 2. The number of rotatable bonds is 4. The molecule has 0 aliphatic rings. The quantitative estimate of drug-likeness (QED) is 0.756. The summed E-state index contributed by atoms with van der Waals surface area (Å²) in [5.41, 5.74) is 0. The Morgan fingerprint density at radius 1 is 0.882 bits per heavy atom. The van der Waals surface area contributed by atoms with Crippen molar-refractivity contribution in [3.8, 4) is 0 Å². The molecular weight excluding hydrogens is 315 g/mol. The van der Waals surface area contributed by atoms with Gasteiger partial charge in [-0.1, -0.05) is 26.7 Å². The fourth-order valence-corrected chi connectivity index (χ4v) is 0.637. The van der Waals surface area contributed by atoms with E-state index in [1.165, 1.54) is 0 Å². The zero-order valence-corrected chi connectivity index (χ0v) is 14.1. The van der Waals surface area contributed by atoms with Gasteiger partial charge in [0, 0.05) is 13.2 Å². The third-order valence-corrected chi connectivity index (χ3v) is 1.58. The molecule has 0 spiro atoms. The van der Waals surface area contributed by atoms with E-state index in [0.29, 0.717) is 13.2 Å². The van der Waals surface area contributed by atoms with Crippen LogP contribution in [0.25, 0.3) is 0 Å². The van der Waals surface area contributed by atoms with Crippen LogP contribution in [0.3, 0.4) is 0 Å². The zero-order valence-electron chi connectivity index (χ0n) is 10.9. The van der Waals surface area contributed by atoms with Crippen LogP contribution in [0, 0.1) is 0 Å². The van der Waals surface area contributed by atoms with Crippen molar-refractivity contribution in [3.05, 3.63) is 30.3 Å². The van der Waals surface area contributed by atoms with Crippen LogP contribution < -0.4 is 12.4 Å². The van der Waals surface area contributed by atoms with Crippen LogP contribution in [0.15, 0.2) is 30.3 Å². The van der Waals surface area contributed by atoms with Gasteiger partial charge in [-0.3, -0.25) is 0 Å². The monoisotopic (exact) mass is 338 g/mol. The maximum atomic E-state index is 8.07. The van der Waals surface area contributed by atoms with E-state index in [2.05, 4.69) is 13.8 Å². The summed E-state index contributed by atoms with van der Waals surface area (Å²) in [6.45, 7) is 4.79. The summed E-state index contributed by atoms with van der Waals surface area (Å²) in [5.74, 6) is 0. The van der Waals surface area contributed by atoms with E-state index in [0.717, 1.165) is 25.7 Å². The fourth-order valence-electron chi connectivity index (χ4n) is 0.637. The molecule has 0 aliphatic carbocycles. The number of aliphatic hydroxyl groups is 2. The molecule has 0 saturated carbocycles. The van der Waals surface area contributed by atoms with Gasteiger partial charge in [0.2, 0.25) is 0 Å². The number of aliphatic hydroxyl groups excluding tert-OH is 2. The molecule has 0 bridgehead atoms. The van der Waals surface area contributed by atoms with Crippen LogP contribution in [0.4, 0.5) is 0 Å². The number of hydrogen-bond acceptors (Lipinski definition) is 2. The first-order valence-corrected chi connectivity index (χ1v) is 5.71. The average molecular weight is 340 g/mol. The minimum atomic E-state index is 0. The average Bonchev–Trinajstić information content (AvgIpc) is 2.79. The first-order valence-electron chi connectivity index (χ1n) is 5.71. The molecule has 0 atom stereocenters. The van der Waals surface area contributed by atoms with Crippen LogP contribution >= 0.6 is 0 Å². The Morgan fingerprint density at radius 3 is 1.29 bits per heavy atom. The molecule has 0 fully saturated rings. The van der Waals surface area contributed by atoms with Crippen molar-refractivity contribution in [2.75, 3.05) is 13.2 Å². The molecule has 0 saturated heterocycles. The van der Waals surface area contributed by atoms with Gasteiger partial charge >= 0.3 is 26.2 Å². The Bertz CT molecular complexity index is 131. The summed E-state index contributed by atoms with van der Waals surface area (Å²) in [6, 6.07) is 10.0. The molecule has 0 aliphatic heterocycles. The topological polar surface area (TPSA) is 40.5 Å². The Hall–Kier alpha value is 0.443. The normalized spacial score (nSPS) is 7.29. The van der Waals surface area contributed by atoms with Crippen LogP contribution in [0.5, 0.6) is 0 Å². The van der Waals surface area contributed by atoms with E-state index in [1.807, 2.05) is 30.3 Å². The van der Waals surface area contributed by atoms with Gasteiger partial charge in [0.05, 0.1) is 0 Å². The van der Waals surface area contributed by atoms with Gasteiger partial charge in [0.15, 0.2) is 0 Å². The van der Waals surface area contributed by atoms with Gasteiger partial charge in [-0.15, -0.1) is 0 Å². The standard InChI is InChI=1S/C5H5.2C4H10O.ClH.Zr/c1-2-4-5-3-1;2*1-2-3-4-5;;/h1-5H;2*5H,2-4H2,1H3;1H;/q-1;;;;+2/p-1. The third kappa shape index (κ3) is 38.5. The van der Waals surface area contributed by atoms with Gasteiger partial charge < -0.3 is 22.6 Å². The Kier molecular flexibility index (Phi) is 46.0. The first kappa shape index (κ1) is 26.1. The Balaban J connectivity index is -0.0000000704. The molecule has 1 aromatic carbocycles. The van der Waals surface area contributed by atoms with Crippen molar-refractivity contribution >= 4 is 0 Å². The molecule has 0 amide bonds. The van der Waals surface area contributed by atoms with Crippen LogP contribution in [0.2, 0.25) is 0 Å². The second-order valence-corrected chi connectivity index (χ2v) is 3.12. The molecule has 1 rings (SSSR count). The summed E-state index contributed by atoms with van der Waals surface area (Å²) < 4.78 is 0. The molecule has 2 nitrogen and oxygen atoms in total. The summed E-state index contributed by atoms with van der Waals surface area (Å²) in [7, 11) is 0. The Labute approximate surface area is 131 Å². The molecule has 0 unspecified atom stereocenters. The van der Waals surface area contributed by atoms with Crippen molar-refractivity contribution in [2.24, 2.45) is 0 Å². The van der Waals surface area contributed by atoms with Gasteiger partial charge in [0.25, 0.3) is 0 Å². The fraction of sp³-hybridized carbons (Fsp3) is 0.615. The van der Waals surface area contributed by atoms with Gasteiger partial charge in [-0.25, -0.2) is 12.1 Å².